The minimum Gasteiger partial charge on any atom is -0.494 e. The largest absolute Gasteiger partial charge is 0.494 e. The van der Waals surface area contributed by atoms with E-state index in [1.54, 1.807) is 48.5 Å². The highest BCUT2D eigenvalue weighted by Gasteiger charge is 2.15. The molecule has 0 aliphatic carbocycles. The molecule has 0 aliphatic rings. The minimum absolute atomic E-state index is 0.253. The highest BCUT2D eigenvalue weighted by atomic mass is 16.5. The summed E-state index contributed by atoms with van der Waals surface area (Å²) in [6, 6.07) is 19.1. The maximum atomic E-state index is 12.4. The number of carbonyl (C=O) groups excluding carboxylic acids is 3. The Morgan fingerprint density at radius 1 is 0.895 bits per heavy atom. The third kappa shape index (κ3) is 8.09. The lowest BCUT2D eigenvalue weighted by molar-refractivity contribution is -0.136. The fraction of sp³-hybridized carbons (Fsp3) is 0.214. The van der Waals surface area contributed by atoms with Crippen LogP contribution in [0.25, 0.3) is 0 Å². The summed E-state index contributed by atoms with van der Waals surface area (Å²) in [6.45, 7) is 4.20. The summed E-state index contributed by atoms with van der Waals surface area (Å²) in [5.74, 6) is -0.920. The Morgan fingerprint density at radius 2 is 1.66 bits per heavy atom. The van der Waals surface area contributed by atoms with Crippen LogP contribution in [-0.2, 0) is 14.4 Å². The van der Waals surface area contributed by atoms with Crippen LogP contribution in [0.1, 0.15) is 24.5 Å². The van der Waals surface area contributed by atoms with Gasteiger partial charge in [-0.3, -0.25) is 14.4 Å². The van der Waals surface area contributed by atoms with E-state index in [9.17, 15) is 14.4 Å². The van der Waals surface area contributed by atoms with E-state index in [4.69, 9.17) is 14.2 Å². The van der Waals surface area contributed by atoms with Crippen molar-refractivity contribution in [3.05, 3.63) is 77.9 Å². The topological polar surface area (TPSA) is 127 Å². The van der Waals surface area contributed by atoms with Crippen LogP contribution in [0.5, 0.6) is 17.2 Å². The van der Waals surface area contributed by atoms with Crippen LogP contribution in [0.3, 0.4) is 0 Å². The van der Waals surface area contributed by atoms with Gasteiger partial charge >= 0.3 is 11.8 Å². The third-order valence-electron chi connectivity index (χ3n) is 5.16. The second-order valence-electron chi connectivity index (χ2n) is 8.06. The molecule has 0 spiro atoms. The number of hydrazone groups is 1. The molecule has 0 radical (unpaired) electrons. The quantitative estimate of drug-likeness (QED) is 0.201. The number of para-hydroxylation sites is 2. The number of rotatable bonds is 11. The van der Waals surface area contributed by atoms with E-state index in [0.29, 0.717) is 35.0 Å². The van der Waals surface area contributed by atoms with E-state index in [2.05, 4.69) is 21.2 Å². The smallest absolute Gasteiger partial charge is 0.329 e. The van der Waals surface area contributed by atoms with Crippen LogP contribution in [0.4, 0.5) is 11.4 Å². The molecule has 3 aromatic rings. The van der Waals surface area contributed by atoms with Gasteiger partial charge in [0.2, 0.25) is 0 Å². The summed E-state index contributed by atoms with van der Waals surface area (Å²) < 4.78 is 16.6. The maximum absolute atomic E-state index is 12.4. The van der Waals surface area contributed by atoms with Crippen molar-refractivity contribution in [2.24, 2.45) is 5.10 Å². The van der Waals surface area contributed by atoms with Crippen LogP contribution in [0.15, 0.2) is 71.8 Å². The molecule has 3 N–H and O–H groups in total. The normalized spacial score (nSPS) is 10.5. The van der Waals surface area contributed by atoms with Gasteiger partial charge in [-0.25, -0.2) is 5.43 Å². The van der Waals surface area contributed by atoms with Gasteiger partial charge in [-0.15, -0.1) is 0 Å². The first-order valence-electron chi connectivity index (χ1n) is 11.9. The molecule has 38 heavy (non-hydrogen) atoms. The van der Waals surface area contributed by atoms with Gasteiger partial charge in [0.15, 0.2) is 18.1 Å². The number of methoxy groups -OCH3 is 1. The third-order valence-corrected chi connectivity index (χ3v) is 5.16. The van der Waals surface area contributed by atoms with Crippen molar-refractivity contribution in [3.8, 4) is 17.2 Å². The van der Waals surface area contributed by atoms with Gasteiger partial charge in [0.05, 0.1) is 19.9 Å². The van der Waals surface area contributed by atoms with E-state index in [-0.39, 0.29) is 18.3 Å². The zero-order valence-electron chi connectivity index (χ0n) is 21.4. The predicted octanol–water partition coefficient (Wildman–Crippen LogP) is 3.90. The van der Waals surface area contributed by atoms with Crippen molar-refractivity contribution in [2.75, 3.05) is 31.0 Å². The Morgan fingerprint density at radius 3 is 2.37 bits per heavy atom. The van der Waals surface area contributed by atoms with Crippen molar-refractivity contribution >= 4 is 35.3 Å². The Balaban J connectivity index is 1.58. The van der Waals surface area contributed by atoms with Crippen LogP contribution in [0, 0.1) is 6.92 Å². The van der Waals surface area contributed by atoms with Gasteiger partial charge in [0.25, 0.3) is 5.91 Å². The maximum Gasteiger partial charge on any atom is 0.329 e. The summed E-state index contributed by atoms with van der Waals surface area (Å²) >= 11 is 0. The number of ether oxygens (including phenoxy) is 3. The number of anilines is 2. The molecule has 0 atom stereocenters. The van der Waals surface area contributed by atoms with E-state index < -0.39 is 11.8 Å². The van der Waals surface area contributed by atoms with Gasteiger partial charge < -0.3 is 24.8 Å². The van der Waals surface area contributed by atoms with Crippen LogP contribution >= 0.6 is 0 Å². The molecule has 0 unspecified atom stereocenters. The summed E-state index contributed by atoms with van der Waals surface area (Å²) in [7, 11) is 1.46. The number of amides is 3. The SMILES string of the molecule is CCCOc1ccc(NC(=O)C(=O)N/N=C\c2cccc(OC)c2OCC(=O)Nc2ccccc2C)cc1. The number of nitrogens with one attached hydrogen (secondary N) is 3. The molecular weight excluding hydrogens is 488 g/mol. The first-order valence-corrected chi connectivity index (χ1v) is 11.9. The van der Waals surface area contributed by atoms with Gasteiger partial charge in [0.1, 0.15) is 5.75 Å². The van der Waals surface area contributed by atoms with Crippen LogP contribution < -0.4 is 30.3 Å². The molecule has 0 heterocycles. The highest BCUT2D eigenvalue weighted by Crippen LogP contribution is 2.30. The van der Waals surface area contributed by atoms with Crippen LogP contribution in [0.2, 0.25) is 0 Å². The fourth-order valence-corrected chi connectivity index (χ4v) is 3.24. The number of hydrogen-bond acceptors (Lipinski definition) is 7. The van der Waals surface area contributed by atoms with Gasteiger partial charge in [0, 0.05) is 16.9 Å². The number of carbonyl (C=O) groups is 3. The highest BCUT2D eigenvalue weighted by molar-refractivity contribution is 6.39. The summed E-state index contributed by atoms with van der Waals surface area (Å²) in [5, 5.41) is 9.14. The number of aryl methyl sites for hydroxylation is 1. The second kappa shape index (κ2) is 14.0. The molecule has 0 saturated carbocycles. The molecule has 0 bridgehead atoms. The monoisotopic (exact) mass is 518 g/mol. The molecule has 10 nitrogen and oxygen atoms in total. The van der Waals surface area contributed by atoms with Crippen molar-refractivity contribution in [2.45, 2.75) is 20.3 Å². The van der Waals surface area contributed by atoms with E-state index >= 15 is 0 Å². The lowest BCUT2D eigenvalue weighted by Crippen LogP contribution is -2.32. The molecule has 0 aliphatic heterocycles. The summed E-state index contributed by atoms with van der Waals surface area (Å²) in [6.07, 6.45) is 2.17. The number of hydrogen-bond donors (Lipinski definition) is 3. The Bertz CT molecular complexity index is 1290. The molecule has 0 fully saturated rings. The second-order valence-corrected chi connectivity index (χ2v) is 8.06. The molecule has 3 rings (SSSR count). The molecule has 0 aromatic heterocycles. The Labute approximate surface area is 221 Å². The van der Waals surface area contributed by atoms with Gasteiger partial charge in [-0.2, -0.15) is 5.10 Å². The standard InChI is InChI=1S/C28H30N4O6/c1-4-16-37-22-14-12-21(13-15-22)30-27(34)28(35)32-29-17-20-9-7-11-24(36-3)26(20)38-18-25(33)31-23-10-6-5-8-19(23)2/h5-15,17H,4,16,18H2,1-3H3,(H,30,34)(H,31,33)(H,32,35)/b29-17-. The number of benzene rings is 3. The van der Waals surface area contributed by atoms with E-state index in [0.717, 1.165) is 12.0 Å². The first kappa shape index (κ1) is 27.7. The fourth-order valence-electron chi connectivity index (χ4n) is 3.24. The molecule has 198 valence electrons. The van der Waals surface area contributed by atoms with Crippen LogP contribution in [-0.4, -0.2) is 44.3 Å². The minimum atomic E-state index is -0.962. The Kier molecular flexibility index (Phi) is 10.2. The first-order chi connectivity index (χ1) is 18.4. The Hall–Kier alpha value is -4.86. The molecule has 0 saturated heterocycles. The molecular formula is C28H30N4O6. The average Bonchev–Trinajstić information content (AvgIpc) is 2.92. The molecule has 10 heteroatoms. The lowest BCUT2D eigenvalue weighted by atomic mass is 10.2. The average molecular weight is 519 g/mol. The molecule has 3 aromatic carbocycles. The van der Waals surface area contributed by atoms with E-state index in [1.807, 2.05) is 32.0 Å². The predicted molar refractivity (Wildman–Crippen MR) is 145 cm³/mol. The zero-order valence-corrected chi connectivity index (χ0v) is 21.4. The van der Waals surface area contributed by atoms with Crippen molar-refractivity contribution in [1.82, 2.24) is 5.43 Å². The number of nitrogens with zero attached hydrogens (tertiary/aromatic N) is 1. The van der Waals surface area contributed by atoms with Crippen molar-refractivity contribution < 1.29 is 28.6 Å². The molecule has 3 amide bonds. The van der Waals surface area contributed by atoms with Gasteiger partial charge in [-0.1, -0.05) is 31.2 Å². The van der Waals surface area contributed by atoms with E-state index in [1.165, 1.54) is 13.3 Å². The lowest BCUT2D eigenvalue weighted by Gasteiger charge is -2.13. The van der Waals surface area contributed by atoms with Crippen molar-refractivity contribution in [1.29, 1.82) is 0 Å². The van der Waals surface area contributed by atoms with Crippen molar-refractivity contribution in [3.63, 3.8) is 0 Å². The van der Waals surface area contributed by atoms with Gasteiger partial charge in [-0.05, 0) is 61.4 Å². The zero-order chi connectivity index (χ0) is 27.3. The summed E-state index contributed by atoms with van der Waals surface area (Å²) in [4.78, 5) is 36.8. The summed E-state index contributed by atoms with van der Waals surface area (Å²) in [5.41, 5.74) is 4.64.